The fraction of sp³-hybridized carbons (Fsp3) is 0.385. The largest absolute Gasteiger partial charge is 0.355 e. The smallest absolute Gasteiger partial charge is 0.251 e. The second kappa shape index (κ2) is 5.80. The molecule has 1 aliphatic rings. The van der Waals surface area contributed by atoms with Crippen LogP contribution in [0.4, 0.5) is 5.69 Å². The molecule has 0 bridgehead atoms. The summed E-state index contributed by atoms with van der Waals surface area (Å²) in [5.41, 5.74) is 1.05. The number of nitrogens with one attached hydrogen (secondary N) is 1. The van der Waals surface area contributed by atoms with E-state index in [2.05, 4.69) is 5.32 Å². The Morgan fingerprint density at radius 2 is 2.26 bits per heavy atom. The summed E-state index contributed by atoms with van der Waals surface area (Å²) in [6.45, 7) is 0.541. The molecule has 0 radical (unpaired) electrons. The molecule has 1 saturated heterocycles. The summed E-state index contributed by atoms with van der Waals surface area (Å²) < 4.78 is 0. The molecule has 0 aromatic heterocycles. The highest BCUT2D eigenvalue weighted by atomic mass is 35.5. The number of rotatable bonds is 3. The van der Waals surface area contributed by atoms with Gasteiger partial charge in [-0.3, -0.25) is 9.59 Å². The predicted octanol–water partition coefficient (Wildman–Crippen LogP) is 2.29. The van der Waals surface area contributed by atoms with E-state index in [0.29, 0.717) is 35.1 Å². The maximum absolute atomic E-state index is 12.0. The minimum Gasteiger partial charge on any atom is -0.355 e. The second-order valence-electron chi connectivity index (χ2n) is 4.47. The first-order valence-corrected chi connectivity index (χ1v) is 6.86. The Morgan fingerprint density at radius 1 is 1.53 bits per heavy atom. The van der Waals surface area contributed by atoms with Gasteiger partial charge in [0.05, 0.1) is 10.7 Å². The lowest BCUT2D eigenvalue weighted by molar-refractivity contribution is -0.117. The quantitative estimate of drug-likeness (QED) is 0.871. The van der Waals surface area contributed by atoms with Crippen molar-refractivity contribution in [1.29, 1.82) is 0 Å². The molecule has 0 spiro atoms. The number of carbonyl (C=O) groups is 2. The molecule has 0 saturated carbocycles. The molecule has 1 fully saturated rings. The lowest BCUT2D eigenvalue weighted by Crippen LogP contribution is -2.26. The van der Waals surface area contributed by atoms with Gasteiger partial charge in [0.25, 0.3) is 5.91 Å². The molecule has 0 aliphatic carbocycles. The molecule has 19 heavy (non-hydrogen) atoms. The van der Waals surface area contributed by atoms with Crippen molar-refractivity contribution >= 4 is 40.7 Å². The van der Waals surface area contributed by atoms with Crippen LogP contribution in [0.25, 0.3) is 0 Å². The molecule has 102 valence electrons. The maximum Gasteiger partial charge on any atom is 0.251 e. The zero-order valence-corrected chi connectivity index (χ0v) is 12.0. The van der Waals surface area contributed by atoms with Gasteiger partial charge >= 0.3 is 0 Å². The molecule has 2 amide bonds. The van der Waals surface area contributed by atoms with Crippen LogP contribution >= 0.6 is 23.2 Å². The van der Waals surface area contributed by atoms with Crippen molar-refractivity contribution in [3.8, 4) is 0 Å². The zero-order valence-electron chi connectivity index (χ0n) is 10.5. The van der Waals surface area contributed by atoms with E-state index in [9.17, 15) is 9.59 Å². The number of nitrogens with zero attached hydrogens (tertiary/aromatic N) is 1. The Hall–Kier alpha value is -1.26. The molecule has 6 heteroatoms. The maximum atomic E-state index is 12.0. The minimum atomic E-state index is -0.210. The van der Waals surface area contributed by atoms with Gasteiger partial charge in [-0.15, -0.1) is 11.6 Å². The summed E-state index contributed by atoms with van der Waals surface area (Å²) in [4.78, 5) is 25.2. The van der Waals surface area contributed by atoms with Crippen LogP contribution in [-0.2, 0) is 4.79 Å². The molecule has 1 heterocycles. The highest BCUT2D eigenvalue weighted by molar-refractivity contribution is 6.34. The Balaban J connectivity index is 2.34. The topological polar surface area (TPSA) is 49.4 Å². The van der Waals surface area contributed by atoms with Crippen molar-refractivity contribution in [3.05, 3.63) is 28.8 Å². The van der Waals surface area contributed by atoms with Gasteiger partial charge in [0.1, 0.15) is 0 Å². The average Bonchev–Trinajstić information content (AvgIpc) is 2.79. The Labute approximate surface area is 121 Å². The van der Waals surface area contributed by atoms with Crippen LogP contribution in [0.3, 0.4) is 0 Å². The number of anilines is 1. The minimum absolute atomic E-state index is 0.0124. The molecule has 2 rings (SSSR count). The molecule has 1 aromatic carbocycles. The van der Waals surface area contributed by atoms with Crippen LogP contribution in [0, 0.1) is 5.92 Å². The van der Waals surface area contributed by atoms with E-state index in [1.807, 2.05) is 0 Å². The van der Waals surface area contributed by atoms with Crippen LogP contribution in [0.1, 0.15) is 16.8 Å². The average molecular weight is 301 g/mol. The Bertz CT molecular complexity index is 519. The highest BCUT2D eigenvalue weighted by Crippen LogP contribution is 2.32. The number of hydrogen-bond acceptors (Lipinski definition) is 2. The number of alkyl halides is 1. The normalized spacial score (nSPS) is 18.8. The van der Waals surface area contributed by atoms with Crippen LogP contribution in [0.15, 0.2) is 18.2 Å². The molecule has 1 N–H and O–H groups in total. The van der Waals surface area contributed by atoms with Gasteiger partial charge in [-0.05, 0) is 24.1 Å². The highest BCUT2D eigenvalue weighted by Gasteiger charge is 2.31. The molecule has 1 atom stereocenters. The SMILES string of the molecule is CNC(=O)c1ccc(Cl)c(N2CC(CCl)CC2=O)c1. The Morgan fingerprint density at radius 3 is 2.84 bits per heavy atom. The number of carbonyl (C=O) groups excluding carboxylic acids is 2. The summed E-state index contributed by atoms with van der Waals surface area (Å²) in [6, 6.07) is 4.89. The van der Waals surface area contributed by atoms with Crippen molar-refractivity contribution in [3.63, 3.8) is 0 Å². The molecule has 1 aliphatic heterocycles. The van der Waals surface area contributed by atoms with E-state index in [1.54, 1.807) is 30.1 Å². The summed E-state index contributed by atoms with van der Waals surface area (Å²) in [5.74, 6) is 0.351. The van der Waals surface area contributed by atoms with Gasteiger partial charge in [-0.1, -0.05) is 11.6 Å². The van der Waals surface area contributed by atoms with E-state index in [0.717, 1.165) is 0 Å². The summed E-state index contributed by atoms with van der Waals surface area (Å²) in [5, 5.41) is 3.00. The summed E-state index contributed by atoms with van der Waals surface area (Å²) in [6.07, 6.45) is 0.421. The van der Waals surface area contributed by atoms with Gasteiger partial charge in [0.2, 0.25) is 5.91 Å². The van der Waals surface area contributed by atoms with Gasteiger partial charge in [0.15, 0.2) is 0 Å². The molecule has 4 nitrogen and oxygen atoms in total. The number of hydrogen-bond donors (Lipinski definition) is 1. The van der Waals surface area contributed by atoms with Crippen molar-refractivity contribution in [2.24, 2.45) is 5.92 Å². The predicted molar refractivity (Wildman–Crippen MR) is 76.0 cm³/mol. The van der Waals surface area contributed by atoms with Crippen LogP contribution < -0.4 is 10.2 Å². The zero-order chi connectivity index (χ0) is 14.0. The third-order valence-corrected chi connectivity index (χ3v) is 3.91. The first-order chi connectivity index (χ1) is 9.06. The van der Waals surface area contributed by atoms with E-state index >= 15 is 0 Å². The second-order valence-corrected chi connectivity index (χ2v) is 5.19. The number of benzene rings is 1. The van der Waals surface area contributed by atoms with E-state index in [-0.39, 0.29) is 17.7 Å². The van der Waals surface area contributed by atoms with Gasteiger partial charge in [-0.25, -0.2) is 0 Å². The van der Waals surface area contributed by atoms with E-state index in [1.165, 1.54) is 0 Å². The van der Waals surface area contributed by atoms with Gasteiger partial charge in [-0.2, -0.15) is 0 Å². The fourth-order valence-electron chi connectivity index (χ4n) is 2.12. The monoisotopic (exact) mass is 300 g/mol. The summed E-state index contributed by atoms with van der Waals surface area (Å²) >= 11 is 11.9. The third-order valence-electron chi connectivity index (χ3n) is 3.15. The van der Waals surface area contributed by atoms with Crippen LogP contribution in [0.2, 0.25) is 5.02 Å². The van der Waals surface area contributed by atoms with Crippen LogP contribution in [-0.4, -0.2) is 31.3 Å². The third kappa shape index (κ3) is 2.85. The molecular weight excluding hydrogens is 287 g/mol. The first-order valence-electron chi connectivity index (χ1n) is 5.94. The van der Waals surface area contributed by atoms with Crippen molar-refractivity contribution in [2.75, 3.05) is 24.4 Å². The first kappa shape index (κ1) is 14.2. The Kier molecular flexibility index (Phi) is 4.32. The lowest BCUT2D eigenvalue weighted by atomic mass is 10.1. The molecular formula is C13H14Cl2N2O2. The van der Waals surface area contributed by atoms with Crippen LogP contribution in [0.5, 0.6) is 0 Å². The molecule has 1 unspecified atom stereocenters. The van der Waals surface area contributed by atoms with E-state index in [4.69, 9.17) is 23.2 Å². The van der Waals surface area contributed by atoms with E-state index < -0.39 is 0 Å². The lowest BCUT2D eigenvalue weighted by Gasteiger charge is -2.18. The standard InChI is InChI=1S/C13H14Cl2N2O2/c1-16-13(19)9-2-3-10(15)11(5-9)17-7-8(6-14)4-12(17)18/h2-3,5,8H,4,6-7H2,1H3,(H,16,19). The molecule has 1 aromatic rings. The van der Waals surface area contributed by atoms with Crippen molar-refractivity contribution < 1.29 is 9.59 Å². The van der Waals surface area contributed by atoms with Gasteiger partial charge < -0.3 is 10.2 Å². The van der Waals surface area contributed by atoms with Crippen molar-refractivity contribution in [1.82, 2.24) is 5.32 Å². The number of amides is 2. The van der Waals surface area contributed by atoms with Crippen molar-refractivity contribution in [2.45, 2.75) is 6.42 Å². The number of halogens is 2. The fourth-order valence-corrected chi connectivity index (χ4v) is 2.55. The summed E-state index contributed by atoms with van der Waals surface area (Å²) in [7, 11) is 1.56. The van der Waals surface area contributed by atoms with Gasteiger partial charge in [0, 0.05) is 31.5 Å².